The van der Waals surface area contributed by atoms with Gasteiger partial charge >= 0.3 is 0 Å². The van der Waals surface area contributed by atoms with Gasteiger partial charge in [0.15, 0.2) is 17.3 Å². The average Bonchev–Trinajstić information content (AvgIpc) is 2.89. The maximum atomic E-state index is 14.8. The van der Waals surface area contributed by atoms with Crippen LogP contribution in [0, 0.1) is 24.5 Å². The average molecular weight is 471 g/mol. The third-order valence-electron chi connectivity index (χ3n) is 5.27. The summed E-state index contributed by atoms with van der Waals surface area (Å²) in [6, 6.07) is 9.21. The Morgan fingerprint density at radius 2 is 2.00 bits per heavy atom. The third kappa shape index (κ3) is 4.68. The summed E-state index contributed by atoms with van der Waals surface area (Å²) in [5.41, 5.74) is 2.19. The molecule has 0 radical (unpaired) electrons. The maximum absolute atomic E-state index is 14.8. The highest BCUT2D eigenvalue weighted by Crippen LogP contribution is 2.44. The molecule has 2 aromatic carbocycles. The van der Waals surface area contributed by atoms with Gasteiger partial charge in [-0.05, 0) is 37.5 Å². The van der Waals surface area contributed by atoms with Gasteiger partial charge in [0.25, 0.3) is 0 Å². The van der Waals surface area contributed by atoms with Crippen molar-refractivity contribution >= 4 is 23.4 Å². The van der Waals surface area contributed by atoms with E-state index in [0.29, 0.717) is 28.0 Å². The maximum Gasteiger partial charge on any atom is 0.247 e. The van der Waals surface area contributed by atoms with E-state index in [0.717, 1.165) is 23.8 Å². The number of anilines is 1. The number of rotatable bonds is 5. The van der Waals surface area contributed by atoms with Crippen LogP contribution in [0.3, 0.4) is 0 Å². The Morgan fingerprint density at radius 1 is 1.21 bits per heavy atom. The lowest BCUT2D eigenvalue weighted by atomic mass is 10.0. The number of ether oxygens (including phenoxy) is 1. The number of halogens is 2. The number of carbonyl (C=O) groups excluding carboxylic acids is 1. The number of fused-ring (bicyclic) bond motifs is 3. The monoisotopic (exact) mass is 470 g/mol. The highest BCUT2D eigenvalue weighted by molar-refractivity contribution is 7.99. The molecule has 0 fully saturated rings. The predicted molar refractivity (Wildman–Crippen MR) is 123 cm³/mol. The van der Waals surface area contributed by atoms with Crippen LogP contribution >= 0.6 is 11.8 Å². The Bertz CT molecular complexity index is 1210. The molecule has 0 unspecified atom stereocenters. The van der Waals surface area contributed by atoms with Crippen molar-refractivity contribution in [2.24, 2.45) is 5.92 Å². The first-order chi connectivity index (χ1) is 15.8. The van der Waals surface area contributed by atoms with Crippen LogP contribution < -0.4 is 9.64 Å². The summed E-state index contributed by atoms with van der Waals surface area (Å²) >= 11 is 1.44. The van der Waals surface area contributed by atoms with E-state index in [4.69, 9.17) is 4.74 Å². The van der Waals surface area contributed by atoms with E-state index >= 15 is 0 Å². The van der Waals surface area contributed by atoms with E-state index in [1.165, 1.54) is 35.7 Å². The highest BCUT2D eigenvalue weighted by Gasteiger charge is 2.36. The van der Waals surface area contributed by atoms with Crippen molar-refractivity contribution in [3.8, 4) is 17.1 Å². The SMILES string of the molecule is CC(=O)N1c2ccc(C)cc2-c2nnc(SCCC(C)C)nc2O[C@@H]1c1cccc(F)c1F. The highest BCUT2D eigenvalue weighted by atomic mass is 32.2. The summed E-state index contributed by atoms with van der Waals surface area (Å²) in [7, 11) is 0. The number of hydrogen-bond donors (Lipinski definition) is 0. The Hall–Kier alpha value is -3.07. The summed E-state index contributed by atoms with van der Waals surface area (Å²) in [6.07, 6.45) is -0.297. The molecule has 0 saturated heterocycles. The predicted octanol–water partition coefficient (Wildman–Crippen LogP) is 5.71. The number of thioether (sulfide) groups is 1. The fourth-order valence-electron chi connectivity index (χ4n) is 3.58. The fraction of sp³-hybridized carbons (Fsp3) is 0.333. The summed E-state index contributed by atoms with van der Waals surface area (Å²) < 4.78 is 35.1. The van der Waals surface area contributed by atoms with Crippen molar-refractivity contribution in [2.45, 2.75) is 45.5 Å². The van der Waals surface area contributed by atoms with Gasteiger partial charge in [0, 0.05) is 18.2 Å². The number of nitrogens with zero attached hydrogens (tertiary/aromatic N) is 4. The summed E-state index contributed by atoms with van der Waals surface area (Å²) in [5.74, 6) is -1.07. The van der Waals surface area contributed by atoms with Crippen molar-refractivity contribution in [3.63, 3.8) is 0 Å². The number of amides is 1. The largest absolute Gasteiger partial charge is 0.447 e. The van der Waals surface area contributed by atoms with Gasteiger partial charge in [0.05, 0.1) is 11.3 Å². The summed E-state index contributed by atoms with van der Waals surface area (Å²) in [5, 5.41) is 9.02. The molecule has 172 valence electrons. The molecule has 0 bridgehead atoms. The number of aromatic nitrogens is 3. The van der Waals surface area contributed by atoms with Crippen LogP contribution in [0.1, 0.15) is 44.5 Å². The molecule has 2 heterocycles. The Morgan fingerprint density at radius 3 is 2.73 bits per heavy atom. The molecular formula is C24H24F2N4O2S. The van der Waals surface area contributed by atoms with Crippen molar-refractivity contribution in [3.05, 3.63) is 59.2 Å². The topological polar surface area (TPSA) is 68.2 Å². The lowest BCUT2D eigenvalue weighted by Gasteiger charge is -2.30. The lowest BCUT2D eigenvalue weighted by Crippen LogP contribution is -2.36. The van der Waals surface area contributed by atoms with E-state index in [2.05, 4.69) is 29.0 Å². The first kappa shape index (κ1) is 23.1. The molecule has 0 aliphatic carbocycles. The molecule has 0 saturated carbocycles. The molecular weight excluding hydrogens is 446 g/mol. The molecule has 4 rings (SSSR count). The van der Waals surface area contributed by atoms with Crippen molar-refractivity contribution in [1.82, 2.24) is 15.2 Å². The van der Waals surface area contributed by atoms with Gasteiger partial charge in [-0.25, -0.2) is 8.78 Å². The van der Waals surface area contributed by atoms with Crippen molar-refractivity contribution in [2.75, 3.05) is 10.7 Å². The van der Waals surface area contributed by atoms with Crippen LogP contribution in [0.25, 0.3) is 11.3 Å². The number of carbonyl (C=O) groups is 1. The van der Waals surface area contributed by atoms with Crippen molar-refractivity contribution < 1.29 is 18.3 Å². The zero-order valence-corrected chi connectivity index (χ0v) is 19.6. The van der Waals surface area contributed by atoms with Gasteiger partial charge in [-0.3, -0.25) is 9.69 Å². The van der Waals surface area contributed by atoms with Crippen molar-refractivity contribution in [1.29, 1.82) is 0 Å². The normalized spacial score (nSPS) is 15.0. The summed E-state index contributed by atoms with van der Waals surface area (Å²) in [6.45, 7) is 7.52. The first-order valence-corrected chi connectivity index (χ1v) is 11.6. The minimum Gasteiger partial charge on any atom is -0.447 e. The molecule has 6 nitrogen and oxygen atoms in total. The standard InChI is InChI=1S/C24H24F2N4O2S/c1-13(2)10-11-33-24-27-22-21(28-29-24)17-12-14(3)8-9-19(17)30(15(4)31)23(32-22)16-6-5-7-18(25)20(16)26/h5-9,12-13,23H,10-11H2,1-4H3/t23-/m1/s1. The van der Waals surface area contributed by atoms with Crippen LogP contribution in [0.4, 0.5) is 14.5 Å². The zero-order valence-electron chi connectivity index (χ0n) is 18.8. The minimum atomic E-state index is -1.27. The number of hydrogen-bond acceptors (Lipinski definition) is 6. The molecule has 3 aromatic rings. The molecule has 1 amide bonds. The van der Waals surface area contributed by atoms with Gasteiger partial charge in [-0.2, -0.15) is 4.98 Å². The Kier molecular flexibility index (Phi) is 6.60. The smallest absolute Gasteiger partial charge is 0.247 e. The Labute approximate surface area is 195 Å². The zero-order chi connectivity index (χ0) is 23.7. The summed E-state index contributed by atoms with van der Waals surface area (Å²) in [4.78, 5) is 18.6. The molecule has 1 aliphatic rings. The number of benzene rings is 2. The molecule has 0 N–H and O–H groups in total. The van der Waals surface area contributed by atoms with Crippen LogP contribution in [0.2, 0.25) is 0 Å². The van der Waals surface area contributed by atoms with Gasteiger partial charge < -0.3 is 4.74 Å². The van der Waals surface area contributed by atoms with Gasteiger partial charge in [0.2, 0.25) is 23.2 Å². The van der Waals surface area contributed by atoms with E-state index < -0.39 is 23.8 Å². The van der Waals surface area contributed by atoms with E-state index in [9.17, 15) is 13.6 Å². The fourth-order valence-corrected chi connectivity index (χ4v) is 4.60. The molecule has 1 aliphatic heterocycles. The lowest BCUT2D eigenvalue weighted by molar-refractivity contribution is -0.118. The Balaban J connectivity index is 1.88. The first-order valence-electron chi connectivity index (χ1n) is 10.6. The van der Waals surface area contributed by atoms with E-state index in [1.54, 1.807) is 6.07 Å². The second-order valence-corrected chi connectivity index (χ2v) is 9.36. The molecule has 0 spiro atoms. The van der Waals surface area contributed by atoms with Gasteiger partial charge in [-0.1, -0.05) is 49.4 Å². The van der Waals surface area contributed by atoms with Crippen LogP contribution in [0.5, 0.6) is 5.88 Å². The van der Waals surface area contributed by atoms with E-state index in [1.807, 2.05) is 19.1 Å². The molecule has 33 heavy (non-hydrogen) atoms. The van der Waals surface area contributed by atoms with Crippen LogP contribution in [-0.2, 0) is 4.79 Å². The quantitative estimate of drug-likeness (QED) is 0.445. The second kappa shape index (κ2) is 9.43. The minimum absolute atomic E-state index is 0.112. The number of aryl methyl sites for hydroxylation is 1. The molecule has 9 heteroatoms. The van der Waals surface area contributed by atoms with Crippen LogP contribution in [0.15, 0.2) is 41.6 Å². The molecule has 1 atom stereocenters. The van der Waals surface area contributed by atoms with Crippen LogP contribution in [-0.4, -0.2) is 26.8 Å². The van der Waals surface area contributed by atoms with Gasteiger partial charge in [0.1, 0.15) is 0 Å². The van der Waals surface area contributed by atoms with E-state index in [-0.39, 0.29) is 11.4 Å². The third-order valence-corrected chi connectivity index (χ3v) is 6.14. The van der Waals surface area contributed by atoms with Gasteiger partial charge in [-0.15, -0.1) is 10.2 Å². The second-order valence-electron chi connectivity index (χ2n) is 8.30. The molecule has 1 aromatic heterocycles.